The van der Waals surface area contributed by atoms with E-state index in [4.69, 9.17) is 9.47 Å². The van der Waals surface area contributed by atoms with Crippen LogP contribution in [0.15, 0.2) is 11.1 Å². The fraction of sp³-hybridized carbons (Fsp3) is 0.852. The van der Waals surface area contributed by atoms with Crippen LogP contribution < -0.4 is 0 Å². The third-order valence-corrected chi connectivity index (χ3v) is 6.57. The topological polar surface area (TPSA) is 72.8 Å². The molecule has 0 spiro atoms. The molecular weight excluding hydrogens is 404 g/mol. The molecule has 1 aliphatic rings. The zero-order chi connectivity index (χ0) is 23.8. The van der Waals surface area contributed by atoms with E-state index in [1.807, 2.05) is 13.8 Å². The van der Waals surface area contributed by atoms with Crippen LogP contribution in [0.1, 0.15) is 124 Å². The van der Waals surface area contributed by atoms with Crippen LogP contribution in [0.5, 0.6) is 0 Å². The second kappa shape index (κ2) is 16.3. The maximum atomic E-state index is 12.9. The molecule has 0 aromatic heterocycles. The van der Waals surface area contributed by atoms with Crippen molar-refractivity contribution in [3.8, 4) is 0 Å². The van der Waals surface area contributed by atoms with E-state index in [-0.39, 0.29) is 31.5 Å². The van der Waals surface area contributed by atoms with E-state index in [0.29, 0.717) is 5.57 Å². The van der Waals surface area contributed by atoms with Gasteiger partial charge in [0.1, 0.15) is 6.61 Å². The summed E-state index contributed by atoms with van der Waals surface area (Å²) in [5.74, 6) is -0.726. The monoisotopic (exact) mass is 452 g/mol. The Morgan fingerprint density at radius 2 is 1.44 bits per heavy atom. The van der Waals surface area contributed by atoms with E-state index >= 15 is 0 Å². The number of aliphatic hydroxyl groups excluding tert-OH is 1. The summed E-state index contributed by atoms with van der Waals surface area (Å²) in [5.41, 5.74) is 0.316. The van der Waals surface area contributed by atoms with Gasteiger partial charge in [0.15, 0.2) is 5.60 Å². The van der Waals surface area contributed by atoms with E-state index in [0.717, 1.165) is 44.1 Å². The number of carbonyl (C=O) groups is 2. The van der Waals surface area contributed by atoms with Crippen molar-refractivity contribution in [1.82, 2.24) is 0 Å². The molecule has 1 rings (SSSR count). The molecule has 0 amide bonds. The SMILES string of the molecule is CCCCCCCCC(CCCCCCCC)C(=O)OCC1(CO)CC(=C(C)C)C(=O)O1. The van der Waals surface area contributed by atoms with Crippen LogP contribution in [0.4, 0.5) is 0 Å². The van der Waals surface area contributed by atoms with Crippen molar-refractivity contribution < 1.29 is 24.2 Å². The molecule has 1 aliphatic heterocycles. The lowest BCUT2D eigenvalue weighted by Crippen LogP contribution is -2.40. The molecule has 1 N–H and O–H groups in total. The van der Waals surface area contributed by atoms with Gasteiger partial charge in [-0.2, -0.15) is 0 Å². The van der Waals surface area contributed by atoms with Crippen LogP contribution >= 0.6 is 0 Å². The number of hydrogen-bond donors (Lipinski definition) is 1. The molecule has 0 radical (unpaired) electrons. The molecule has 186 valence electrons. The van der Waals surface area contributed by atoms with E-state index < -0.39 is 11.6 Å². The first-order chi connectivity index (χ1) is 15.4. The maximum absolute atomic E-state index is 12.9. The summed E-state index contributed by atoms with van der Waals surface area (Å²) >= 11 is 0. The molecule has 0 aromatic carbocycles. The van der Waals surface area contributed by atoms with E-state index in [1.54, 1.807) is 0 Å². The van der Waals surface area contributed by atoms with Crippen molar-refractivity contribution in [2.45, 2.75) is 130 Å². The van der Waals surface area contributed by atoms with Gasteiger partial charge in [-0.05, 0) is 26.7 Å². The number of esters is 2. The van der Waals surface area contributed by atoms with Gasteiger partial charge in [0.2, 0.25) is 0 Å². The van der Waals surface area contributed by atoms with Gasteiger partial charge < -0.3 is 14.6 Å². The first-order valence-corrected chi connectivity index (χ1v) is 13.1. The fourth-order valence-electron chi connectivity index (χ4n) is 4.33. The Morgan fingerprint density at radius 3 is 1.88 bits per heavy atom. The zero-order valence-corrected chi connectivity index (χ0v) is 21.2. The van der Waals surface area contributed by atoms with Gasteiger partial charge in [0.25, 0.3) is 0 Å². The molecule has 1 heterocycles. The van der Waals surface area contributed by atoms with Crippen molar-refractivity contribution in [1.29, 1.82) is 0 Å². The molecular formula is C27H48O5. The Labute approximate surface area is 196 Å². The van der Waals surface area contributed by atoms with Gasteiger partial charge in [-0.15, -0.1) is 0 Å². The number of ether oxygens (including phenoxy) is 2. The number of carbonyl (C=O) groups excluding carboxylic acids is 2. The van der Waals surface area contributed by atoms with Crippen LogP contribution in [0, 0.1) is 5.92 Å². The van der Waals surface area contributed by atoms with Gasteiger partial charge in [-0.25, -0.2) is 4.79 Å². The fourth-order valence-corrected chi connectivity index (χ4v) is 4.33. The summed E-state index contributed by atoms with van der Waals surface area (Å²) in [6.07, 6.45) is 16.4. The van der Waals surface area contributed by atoms with Gasteiger partial charge in [0.05, 0.1) is 12.5 Å². The van der Waals surface area contributed by atoms with Crippen molar-refractivity contribution in [3.05, 3.63) is 11.1 Å². The number of unbranched alkanes of at least 4 members (excludes halogenated alkanes) is 10. The molecule has 0 bridgehead atoms. The van der Waals surface area contributed by atoms with Crippen LogP contribution in [0.3, 0.4) is 0 Å². The number of rotatable bonds is 18. The number of cyclic esters (lactones) is 1. The first kappa shape index (κ1) is 28.7. The average Bonchev–Trinajstić information content (AvgIpc) is 3.12. The highest BCUT2D eigenvalue weighted by atomic mass is 16.6. The third kappa shape index (κ3) is 10.5. The van der Waals surface area contributed by atoms with E-state index in [2.05, 4.69) is 13.8 Å². The Bertz CT molecular complexity index is 563. The minimum atomic E-state index is -1.13. The normalized spacial score (nSPS) is 18.3. The van der Waals surface area contributed by atoms with Gasteiger partial charge in [0, 0.05) is 12.0 Å². The molecule has 1 atom stereocenters. The third-order valence-electron chi connectivity index (χ3n) is 6.57. The zero-order valence-electron chi connectivity index (χ0n) is 21.2. The van der Waals surface area contributed by atoms with E-state index in [9.17, 15) is 14.7 Å². The van der Waals surface area contributed by atoms with Gasteiger partial charge in [-0.3, -0.25) is 4.79 Å². The maximum Gasteiger partial charge on any atom is 0.334 e. The minimum Gasteiger partial charge on any atom is -0.461 e. The molecule has 5 nitrogen and oxygen atoms in total. The summed E-state index contributed by atoms with van der Waals surface area (Å²) in [6, 6.07) is 0. The molecule has 1 fully saturated rings. The highest BCUT2D eigenvalue weighted by Gasteiger charge is 2.45. The Hall–Kier alpha value is -1.36. The Kier molecular flexibility index (Phi) is 14.6. The smallest absolute Gasteiger partial charge is 0.334 e. The highest BCUT2D eigenvalue weighted by Crippen LogP contribution is 2.33. The van der Waals surface area contributed by atoms with Crippen molar-refractivity contribution >= 4 is 11.9 Å². The summed E-state index contributed by atoms with van der Waals surface area (Å²) in [5, 5.41) is 9.88. The molecule has 0 aromatic rings. The van der Waals surface area contributed by atoms with Crippen LogP contribution in [-0.2, 0) is 19.1 Å². The Balaban J connectivity index is 2.58. The van der Waals surface area contributed by atoms with Crippen LogP contribution in [0.25, 0.3) is 0 Å². The van der Waals surface area contributed by atoms with Crippen LogP contribution in [0.2, 0.25) is 0 Å². The average molecular weight is 453 g/mol. The Morgan fingerprint density at radius 1 is 0.938 bits per heavy atom. The summed E-state index contributed by atoms with van der Waals surface area (Å²) < 4.78 is 11.1. The van der Waals surface area contributed by atoms with Crippen molar-refractivity contribution in [3.63, 3.8) is 0 Å². The molecule has 0 aliphatic carbocycles. The predicted octanol–water partition coefficient (Wildman–Crippen LogP) is 6.66. The lowest BCUT2D eigenvalue weighted by atomic mass is 9.93. The van der Waals surface area contributed by atoms with Gasteiger partial charge in [-0.1, -0.05) is 96.5 Å². The molecule has 32 heavy (non-hydrogen) atoms. The van der Waals surface area contributed by atoms with Crippen molar-refractivity contribution in [2.75, 3.05) is 13.2 Å². The molecule has 1 saturated heterocycles. The molecule has 1 unspecified atom stereocenters. The second-order valence-electron chi connectivity index (χ2n) is 9.80. The number of allylic oxidation sites excluding steroid dienone is 1. The number of aliphatic hydroxyl groups is 1. The van der Waals surface area contributed by atoms with Gasteiger partial charge >= 0.3 is 11.9 Å². The first-order valence-electron chi connectivity index (χ1n) is 13.1. The quantitative estimate of drug-likeness (QED) is 0.143. The molecule has 5 heteroatoms. The summed E-state index contributed by atoms with van der Waals surface area (Å²) in [7, 11) is 0. The second-order valence-corrected chi connectivity index (χ2v) is 9.80. The number of hydrogen-bond acceptors (Lipinski definition) is 5. The lowest BCUT2D eigenvalue weighted by Gasteiger charge is -2.25. The highest BCUT2D eigenvalue weighted by molar-refractivity contribution is 5.92. The molecule has 0 saturated carbocycles. The van der Waals surface area contributed by atoms with Crippen LogP contribution in [-0.4, -0.2) is 35.9 Å². The summed E-state index contributed by atoms with van der Waals surface area (Å²) in [4.78, 5) is 25.1. The lowest BCUT2D eigenvalue weighted by molar-refractivity contribution is -0.169. The van der Waals surface area contributed by atoms with E-state index in [1.165, 1.54) is 51.4 Å². The summed E-state index contributed by atoms with van der Waals surface area (Å²) in [6.45, 7) is 7.72. The standard InChI is InChI=1S/C27H48O5/c1-5-7-9-11-13-15-17-23(18-16-14-12-10-8-6-2)25(29)31-21-27(20-28)19-24(22(3)4)26(30)32-27/h23,28H,5-21H2,1-4H3. The minimum absolute atomic E-state index is 0.0750. The predicted molar refractivity (Wildman–Crippen MR) is 129 cm³/mol. The van der Waals surface area contributed by atoms with Crippen molar-refractivity contribution in [2.24, 2.45) is 5.92 Å². The largest absolute Gasteiger partial charge is 0.461 e.